The van der Waals surface area contributed by atoms with E-state index in [9.17, 15) is 23.1 Å². The van der Waals surface area contributed by atoms with Gasteiger partial charge in [-0.05, 0) is 36.6 Å². The van der Waals surface area contributed by atoms with Gasteiger partial charge in [0, 0.05) is 18.7 Å². The first-order valence-corrected chi connectivity index (χ1v) is 9.87. The number of hydrogen-bond acceptors (Lipinski definition) is 4. The van der Waals surface area contributed by atoms with E-state index in [1.807, 2.05) is 0 Å². The zero-order valence-electron chi connectivity index (χ0n) is 14.4. The molecule has 1 aliphatic carbocycles. The van der Waals surface area contributed by atoms with Crippen molar-refractivity contribution in [2.75, 3.05) is 13.1 Å². The van der Waals surface area contributed by atoms with Crippen molar-refractivity contribution in [1.29, 1.82) is 0 Å². The zero-order valence-corrected chi connectivity index (χ0v) is 15.3. The highest BCUT2D eigenvalue weighted by atomic mass is 32.2. The van der Waals surface area contributed by atoms with Crippen LogP contribution in [-0.2, 0) is 14.8 Å². The smallest absolute Gasteiger partial charge is 0.326 e. The summed E-state index contributed by atoms with van der Waals surface area (Å²) in [5.74, 6) is -1.20. The fourth-order valence-corrected chi connectivity index (χ4v) is 4.10. The van der Waals surface area contributed by atoms with Crippen LogP contribution in [0, 0.1) is 5.92 Å². The maximum atomic E-state index is 12.4. The number of carbonyl (C=O) groups is 2. The lowest BCUT2D eigenvalue weighted by molar-refractivity contribution is -0.139. The van der Waals surface area contributed by atoms with Crippen LogP contribution in [0.15, 0.2) is 29.2 Å². The van der Waals surface area contributed by atoms with Crippen molar-refractivity contribution in [3.05, 3.63) is 29.8 Å². The number of sulfonamides is 1. The van der Waals surface area contributed by atoms with Gasteiger partial charge >= 0.3 is 5.97 Å². The number of carboxylic acids is 1. The average Bonchev–Trinajstić information content (AvgIpc) is 3.39. The number of carboxylic acid groups (broad SMARTS) is 1. The van der Waals surface area contributed by atoms with E-state index in [2.05, 4.69) is 5.32 Å². The van der Waals surface area contributed by atoms with E-state index in [4.69, 9.17) is 0 Å². The summed E-state index contributed by atoms with van der Waals surface area (Å²) >= 11 is 0. The van der Waals surface area contributed by atoms with E-state index < -0.39 is 27.9 Å². The topological polar surface area (TPSA) is 104 Å². The fraction of sp³-hybridized carbons (Fsp3) is 0.529. The Bertz CT molecular complexity index is 722. The molecule has 2 rings (SSSR count). The Kier molecular flexibility index (Phi) is 6.18. The molecule has 1 aromatic rings. The molecule has 0 saturated heterocycles. The van der Waals surface area contributed by atoms with Gasteiger partial charge in [-0.1, -0.05) is 26.7 Å². The molecule has 1 fully saturated rings. The van der Waals surface area contributed by atoms with Crippen molar-refractivity contribution < 1.29 is 23.1 Å². The van der Waals surface area contributed by atoms with Crippen LogP contribution in [-0.4, -0.2) is 48.8 Å². The quantitative estimate of drug-likeness (QED) is 0.690. The van der Waals surface area contributed by atoms with Crippen molar-refractivity contribution in [2.24, 2.45) is 5.92 Å². The minimum Gasteiger partial charge on any atom is -0.480 e. The van der Waals surface area contributed by atoms with Crippen LogP contribution in [0.5, 0.6) is 0 Å². The van der Waals surface area contributed by atoms with Crippen LogP contribution < -0.4 is 5.32 Å². The first kappa shape index (κ1) is 19.4. The fourth-order valence-electron chi connectivity index (χ4n) is 2.64. The van der Waals surface area contributed by atoms with Crippen molar-refractivity contribution >= 4 is 21.9 Å². The molecule has 8 heteroatoms. The number of rotatable bonds is 9. The van der Waals surface area contributed by atoms with Gasteiger partial charge in [-0.15, -0.1) is 0 Å². The summed E-state index contributed by atoms with van der Waals surface area (Å²) in [4.78, 5) is 23.6. The summed E-state index contributed by atoms with van der Waals surface area (Å²) in [5, 5.41) is 11.7. The van der Waals surface area contributed by atoms with Crippen molar-refractivity contribution in [3.8, 4) is 0 Å². The molecular formula is C17H24N2O5S. The number of benzene rings is 1. The highest BCUT2D eigenvalue weighted by molar-refractivity contribution is 7.89. The van der Waals surface area contributed by atoms with Crippen LogP contribution in [0.1, 0.15) is 43.5 Å². The second-order valence-corrected chi connectivity index (χ2v) is 8.10. The Labute approximate surface area is 148 Å². The van der Waals surface area contributed by atoms with Gasteiger partial charge in [-0.3, -0.25) is 4.79 Å². The number of nitrogens with zero attached hydrogens (tertiary/aromatic N) is 1. The number of aliphatic carboxylic acids is 1. The molecule has 0 aliphatic heterocycles. The van der Waals surface area contributed by atoms with Gasteiger partial charge in [0.25, 0.3) is 5.91 Å². The predicted octanol–water partition coefficient (Wildman–Crippen LogP) is 1.70. The molecule has 0 spiro atoms. The summed E-state index contributed by atoms with van der Waals surface area (Å²) in [6, 6.07) is 4.64. The molecule has 25 heavy (non-hydrogen) atoms. The van der Waals surface area contributed by atoms with Gasteiger partial charge in [0.1, 0.15) is 6.04 Å². The molecular weight excluding hydrogens is 344 g/mol. The Balaban J connectivity index is 2.10. The third kappa shape index (κ3) is 4.79. The largest absolute Gasteiger partial charge is 0.480 e. The van der Waals surface area contributed by atoms with Crippen LogP contribution in [0.3, 0.4) is 0 Å². The summed E-state index contributed by atoms with van der Waals surface area (Å²) in [6.45, 7) is 4.24. The van der Waals surface area contributed by atoms with Crippen LogP contribution in [0.2, 0.25) is 0 Å². The molecule has 0 radical (unpaired) electrons. The maximum absolute atomic E-state index is 12.4. The lowest BCUT2D eigenvalue weighted by Gasteiger charge is -2.18. The molecule has 1 atom stereocenters. The van der Waals surface area contributed by atoms with Gasteiger partial charge in [0.05, 0.1) is 4.90 Å². The molecule has 0 heterocycles. The third-order valence-corrected chi connectivity index (χ3v) is 6.39. The summed E-state index contributed by atoms with van der Waals surface area (Å²) < 4.78 is 26.2. The molecule has 1 amide bonds. The summed E-state index contributed by atoms with van der Waals surface area (Å²) in [6.07, 6.45) is 2.42. The number of amides is 1. The number of carbonyl (C=O) groups excluding carboxylic acids is 1. The Morgan fingerprint density at radius 1 is 1.20 bits per heavy atom. The second kappa shape index (κ2) is 7.97. The molecule has 138 valence electrons. The molecule has 1 saturated carbocycles. The SMILES string of the molecule is CCN(CC)S(=O)(=O)c1ccc(C(=O)NC(CC2CC2)C(=O)O)cc1. The van der Waals surface area contributed by atoms with E-state index >= 15 is 0 Å². The van der Waals surface area contributed by atoms with E-state index in [1.54, 1.807) is 13.8 Å². The highest BCUT2D eigenvalue weighted by Gasteiger charge is 2.30. The molecule has 1 unspecified atom stereocenters. The number of nitrogens with one attached hydrogen (secondary N) is 1. The van der Waals surface area contributed by atoms with E-state index in [0.29, 0.717) is 25.4 Å². The Hall–Kier alpha value is -1.93. The summed E-state index contributed by atoms with van der Waals surface area (Å²) in [5.41, 5.74) is 0.237. The van der Waals surface area contributed by atoms with E-state index in [0.717, 1.165) is 12.8 Å². The third-order valence-electron chi connectivity index (χ3n) is 4.33. The zero-order chi connectivity index (χ0) is 18.6. The molecule has 2 N–H and O–H groups in total. The van der Waals surface area contributed by atoms with Crippen molar-refractivity contribution in [1.82, 2.24) is 9.62 Å². The van der Waals surface area contributed by atoms with Crippen LogP contribution in [0.25, 0.3) is 0 Å². The monoisotopic (exact) mass is 368 g/mol. The lowest BCUT2D eigenvalue weighted by Crippen LogP contribution is -2.41. The molecule has 1 aromatic carbocycles. The lowest BCUT2D eigenvalue weighted by atomic mass is 10.1. The van der Waals surface area contributed by atoms with E-state index in [1.165, 1.54) is 28.6 Å². The van der Waals surface area contributed by atoms with Crippen molar-refractivity contribution in [2.45, 2.75) is 44.0 Å². The van der Waals surface area contributed by atoms with Crippen LogP contribution >= 0.6 is 0 Å². The van der Waals surface area contributed by atoms with Crippen molar-refractivity contribution in [3.63, 3.8) is 0 Å². The predicted molar refractivity (Wildman–Crippen MR) is 92.8 cm³/mol. The first-order valence-electron chi connectivity index (χ1n) is 8.43. The van der Waals surface area contributed by atoms with Crippen LogP contribution in [0.4, 0.5) is 0 Å². The minimum absolute atomic E-state index is 0.112. The minimum atomic E-state index is -3.58. The van der Waals surface area contributed by atoms with Gasteiger partial charge in [0.2, 0.25) is 10.0 Å². The van der Waals surface area contributed by atoms with Gasteiger partial charge in [0.15, 0.2) is 0 Å². The second-order valence-electron chi connectivity index (χ2n) is 6.16. The Morgan fingerprint density at radius 2 is 1.76 bits per heavy atom. The Morgan fingerprint density at radius 3 is 2.20 bits per heavy atom. The molecule has 1 aliphatic rings. The molecule has 0 bridgehead atoms. The highest BCUT2D eigenvalue weighted by Crippen LogP contribution is 2.33. The molecule has 7 nitrogen and oxygen atoms in total. The van der Waals surface area contributed by atoms with Gasteiger partial charge < -0.3 is 10.4 Å². The molecule has 0 aromatic heterocycles. The first-order chi connectivity index (χ1) is 11.8. The standard InChI is InChI=1S/C17H24N2O5S/c1-3-19(4-2)25(23,24)14-9-7-13(8-10-14)16(20)18-15(17(21)22)11-12-5-6-12/h7-10,12,15H,3-6,11H2,1-2H3,(H,18,20)(H,21,22). The summed E-state index contributed by atoms with van der Waals surface area (Å²) in [7, 11) is -3.58. The normalized spacial score (nSPS) is 15.8. The maximum Gasteiger partial charge on any atom is 0.326 e. The number of hydrogen-bond donors (Lipinski definition) is 2. The average molecular weight is 368 g/mol. The van der Waals surface area contributed by atoms with Gasteiger partial charge in [-0.25, -0.2) is 13.2 Å². The van der Waals surface area contributed by atoms with Gasteiger partial charge in [-0.2, -0.15) is 4.31 Å². The van der Waals surface area contributed by atoms with E-state index in [-0.39, 0.29) is 10.5 Å².